The Morgan fingerprint density at radius 3 is 2.59 bits per heavy atom. The fourth-order valence-electron chi connectivity index (χ4n) is 4.09. The van der Waals surface area contributed by atoms with Crippen LogP contribution in [-0.2, 0) is 17.9 Å². The minimum Gasteiger partial charge on any atom is -0.497 e. The summed E-state index contributed by atoms with van der Waals surface area (Å²) in [5.41, 5.74) is 2.56. The maximum atomic E-state index is 12.8. The summed E-state index contributed by atoms with van der Waals surface area (Å²) in [6, 6.07) is 15.1. The fraction of sp³-hybridized carbons (Fsp3) is 0.280. The Labute approximate surface area is 201 Å². The first-order valence-electron chi connectivity index (χ1n) is 11.1. The van der Waals surface area contributed by atoms with Crippen LogP contribution in [0.5, 0.6) is 5.75 Å². The smallest absolute Gasteiger partial charge is 0.261 e. The number of amides is 1. The molecule has 2 aromatic heterocycles. The first kappa shape index (κ1) is 22.2. The van der Waals surface area contributed by atoms with Crippen LogP contribution in [0.3, 0.4) is 0 Å². The van der Waals surface area contributed by atoms with Gasteiger partial charge in [-0.2, -0.15) is 0 Å². The molecule has 5 rings (SSSR count). The van der Waals surface area contributed by atoms with Crippen LogP contribution in [0.25, 0.3) is 21.5 Å². The minimum atomic E-state index is -0.186. The van der Waals surface area contributed by atoms with Crippen molar-refractivity contribution < 1.29 is 9.53 Å². The number of aromatic nitrogens is 3. The number of carbonyl (C=O) groups is 1. The highest BCUT2D eigenvalue weighted by Crippen LogP contribution is 2.26. The lowest BCUT2D eigenvalue weighted by molar-refractivity contribution is -0.133. The van der Waals surface area contributed by atoms with Gasteiger partial charge in [-0.25, -0.2) is 9.97 Å². The molecule has 0 unspecified atom stereocenters. The molecular weight excluding hydrogens is 450 g/mol. The van der Waals surface area contributed by atoms with Crippen molar-refractivity contribution in [1.29, 1.82) is 0 Å². The van der Waals surface area contributed by atoms with E-state index >= 15 is 0 Å². The summed E-state index contributed by atoms with van der Waals surface area (Å²) in [7, 11) is 1.66. The number of methoxy groups -OCH3 is 1. The van der Waals surface area contributed by atoms with Gasteiger partial charge in [-0.15, -0.1) is 11.3 Å². The number of hydrogen-bond donors (Lipinski definition) is 0. The van der Waals surface area contributed by atoms with Crippen molar-refractivity contribution in [1.82, 2.24) is 24.3 Å². The highest BCUT2D eigenvalue weighted by atomic mass is 32.1. The molecule has 0 radical (unpaired) electrons. The van der Waals surface area contributed by atoms with Crippen LogP contribution < -0.4 is 10.3 Å². The van der Waals surface area contributed by atoms with Gasteiger partial charge in [0.1, 0.15) is 17.3 Å². The summed E-state index contributed by atoms with van der Waals surface area (Å²) >= 11 is 1.63. The van der Waals surface area contributed by atoms with Crippen molar-refractivity contribution in [2.75, 3.05) is 33.3 Å². The van der Waals surface area contributed by atoms with E-state index in [9.17, 15) is 9.59 Å². The number of para-hydroxylation sites is 1. The largest absolute Gasteiger partial charge is 0.497 e. The van der Waals surface area contributed by atoms with Crippen LogP contribution in [-0.4, -0.2) is 63.5 Å². The van der Waals surface area contributed by atoms with E-state index in [0.717, 1.165) is 41.6 Å². The Morgan fingerprint density at radius 1 is 1.06 bits per heavy atom. The first-order valence-corrected chi connectivity index (χ1v) is 12.0. The quantitative estimate of drug-likeness (QED) is 0.427. The van der Waals surface area contributed by atoms with Crippen LogP contribution >= 0.6 is 11.3 Å². The van der Waals surface area contributed by atoms with Gasteiger partial charge < -0.3 is 9.64 Å². The predicted molar refractivity (Wildman–Crippen MR) is 132 cm³/mol. The average molecular weight is 476 g/mol. The molecule has 1 aliphatic rings. The van der Waals surface area contributed by atoms with Crippen LogP contribution in [0.1, 0.15) is 5.69 Å². The SMILES string of the molecule is COc1ccc(-c2nc(CN3CCN(C(=O)Cn4cnc5ccccc5c4=O)CC3)cs2)cc1. The van der Waals surface area contributed by atoms with Crippen molar-refractivity contribution in [3.63, 3.8) is 0 Å². The van der Waals surface area contributed by atoms with Crippen LogP contribution in [0.2, 0.25) is 0 Å². The van der Waals surface area contributed by atoms with E-state index in [-0.39, 0.29) is 18.0 Å². The minimum absolute atomic E-state index is 0.00791. The highest BCUT2D eigenvalue weighted by molar-refractivity contribution is 7.13. The van der Waals surface area contributed by atoms with Gasteiger partial charge >= 0.3 is 0 Å². The topological polar surface area (TPSA) is 80.6 Å². The molecule has 34 heavy (non-hydrogen) atoms. The molecule has 0 atom stereocenters. The molecular formula is C25H25N5O3S. The van der Waals surface area contributed by atoms with E-state index in [1.807, 2.05) is 35.2 Å². The summed E-state index contributed by atoms with van der Waals surface area (Å²) in [4.78, 5) is 38.7. The molecule has 2 aromatic carbocycles. The molecule has 1 aliphatic heterocycles. The third-order valence-corrected chi connectivity index (χ3v) is 6.98. The number of nitrogens with zero attached hydrogens (tertiary/aromatic N) is 5. The molecule has 174 valence electrons. The van der Waals surface area contributed by atoms with Gasteiger partial charge in [0.2, 0.25) is 5.91 Å². The van der Waals surface area contributed by atoms with Gasteiger partial charge in [-0.05, 0) is 36.4 Å². The van der Waals surface area contributed by atoms with Crippen molar-refractivity contribution >= 4 is 28.1 Å². The summed E-state index contributed by atoms with van der Waals surface area (Å²) < 4.78 is 6.62. The second-order valence-electron chi connectivity index (χ2n) is 8.22. The number of rotatable bonds is 6. The number of carbonyl (C=O) groups excluding carboxylic acids is 1. The van der Waals surface area contributed by atoms with Gasteiger partial charge in [-0.3, -0.25) is 19.1 Å². The monoisotopic (exact) mass is 475 g/mol. The summed E-state index contributed by atoms with van der Waals surface area (Å²) in [5, 5.41) is 3.61. The van der Waals surface area contributed by atoms with Gasteiger partial charge in [-0.1, -0.05) is 12.1 Å². The number of piperazine rings is 1. The summed E-state index contributed by atoms with van der Waals surface area (Å²) in [6.07, 6.45) is 1.46. The number of hydrogen-bond acceptors (Lipinski definition) is 7. The van der Waals surface area contributed by atoms with Gasteiger partial charge in [0, 0.05) is 43.7 Å². The zero-order valence-corrected chi connectivity index (χ0v) is 19.7. The van der Waals surface area contributed by atoms with E-state index in [1.54, 1.807) is 36.6 Å². The van der Waals surface area contributed by atoms with Crippen molar-refractivity contribution in [2.24, 2.45) is 0 Å². The third-order valence-electron chi connectivity index (χ3n) is 6.04. The molecule has 1 fully saturated rings. The number of ether oxygens (including phenoxy) is 1. The molecule has 9 heteroatoms. The second kappa shape index (κ2) is 9.74. The molecule has 8 nitrogen and oxygen atoms in total. The zero-order chi connectivity index (χ0) is 23.5. The van der Waals surface area contributed by atoms with E-state index < -0.39 is 0 Å². The third kappa shape index (κ3) is 4.71. The molecule has 1 amide bonds. The lowest BCUT2D eigenvalue weighted by Crippen LogP contribution is -2.49. The number of fused-ring (bicyclic) bond motifs is 1. The van der Waals surface area contributed by atoms with E-state index in [0.29, 0.717) is 24.0 Å². The Bertz CT molecular complexity index is 1360. The van der Waals surface area contributed by atoms with Crippen molar-refractivity contribution in [2.45, 2.75) is 13.1 Å². The second-order valence-corrected chi connectivity index (χ2v) is 9.08. The molecule has 0 bridgehead atoms. The zero-order valence-electron chi connectivity index (χ0n) is 18.9. The van der Waals surface area contributed by atoms with Crippen LogP contribution in [0.4, 0.5) is 0 Å². The molecule has 0 aliphatic carbocycles. The Balaban J connectivity index is 1.16. The van der Waals surface area contributed by atoms with Crippen LogP contribution in [0, 0.1) is 0 Å². The summed E-state index contributed by atoms with van der Waals surface area (Å²) in [6.45, 7) is 3.56. The average Bonchev–Trinajstić information content (AvgIpc) is 3.35. The number of benzene rings is 2. The molecule has 4 aromatic rings. The standard InChI is InChI=1S/C25H25N5O3S/c1-33-20-8-6-18(7-9-20)24-27-19(16-34-24)14-28-10-12-29(13-11-28)23(31)15-30-17-26-22-5-3-2-4-21(22)25(30)32/h2-9,16-17H,10-15H2,1H3. The number of thiazole rings is 1. The maximum absolute atomic E-state index is 12.8. The van der Waals surface area contributed by atoms with Gasteiger partial charge in [0.15, 0.2) is 0 Å². The Hall–Kier alpha value is -3.56. The molecule has 0 spiro atoms. The first-order chi connectivity index (χ1) is 16.6. The van der Waals surface area contributed by atoms with Gasteiger partial charge in [0.25, 0.3) is 5.56 Å². The molecule has 1 saturated heterocycles. The van der Waals surface area contributed by atoms with Crippen molar-refractivity contribution in [3.05, 3.63) is 76.3 Å². The lowest BCUT2D eigenvalue weighted by Gasteiger charge is -2.34. The highest BCUT2D eigenvalue weighted by Gasteiger charge is 2.22. The Morgan fingerprint density at radius 2 is 1.82 bits per heavy atom. The maximum Gasteiger partial charge on any atom is 0.261 e. The summed E-state index contributed by atoms with van der Waals surface area (Å²) in [5.74, 6) is 0.768. The van der Waals surface area contributed by atoms with Crippen molar-refractivity contribution in [3.8, 4) is 16.3 Å². The van der Waals surface area contributed by atoms with Gasteiger partial charge in [0.05, 0.1) is 30.0 Å². The fourth-order valence-corrected chi connectivity index (χ4v) is 4.91. The van der Waals surface area contributed by atoms with E-state index in [2.05, 4.69) is 15.3 Å². The van der Waals surface area contributed by atoms with Crippen LogP contribution in [0.15, 0.2) is 65.0 Å². The lowest BCUT2D eigenvalue weighted by atomic mass is 10.2. The Kier molecular flexibility index (Phi) is 6.37. The molecule has 3 heterocycles. The normalized spacial score (nSPS) is 14.4. The van der Waals surface area contributed by atoms with E-state index in [1.165, 1.54) is 10.9 Å². The van der Waals surface area contributed by atoms with E-state index in [4.69, 9.17) is 9.72 Å². The molecule has 0 saturated carbocycles. The predicted octanol–water partition coefficient (Wildman–Crippen LogP) is 2.87. The molecule has 0 N–H and O–H groups in total.